The number of hydrogen-bond donors (Lipinski definition) is 2. The SMILES string of the molecule is Cc1ccc(Nc2cc(NCc3ccccn3)ncn2)c(C)c1. The number of anilines is 3. The molecule has 0 bridgehead atoms. The Morgan fingerprint density at radius 1 is 0.913 bits per heavy atom. The lowest BCUT2D eigenvalue weighted by Gasteiger charge is -2.11. The van der Waals surface area contributed by atoms with Crippen LogP contribution in [0.25, 0.3) is 0 Å². The van der Waals surface area contributed by atoms with E-state index < -0.39 is 0 Å². The molecule has 1 aromatic carbocycles. The minimum Gasteiger partial charge on any atom is -0.364 e. The standard InChI is InChI=1S/C18H19N5/c1-13-6-7-16(14(2)9-13)23-18-10-17(21-12-22-18)20-11-15-5-3-4-8-19-15/h3-10,12H,11H2,1-2H3,(H2,20,21,22,23). The second-order valence-corrected chi connectivity index (χ2v) is 5.41. The molecule has 0 spiro atoms. The van der Waals surface area contributed by atoms with Gasteiger partial charge in [-0.25, -0.2) is 9.97 Å². The smallest absolute Gasteiger partial charge is 0.135 e. The molecule has 0 fully saturated rings. The van der Waals surface area contributed by atoms with Gasteiger partial charge >= 0.3 is 0 Å². The van der Waals surface area contributed by atoms with Crippen LogP contribution in [0.2, 0.25) is 0 Å². The highest BCUT2D eigenvalue weighted by atomic mass is 15.1. The zero-order valence-corrected chi connectivity index (χ0v) is 13.2. The Hall–Kier alpha value is -2.95. The fourth-order valence-electron chi connectivity index (χ4n) is 2.30. The zero-order valence-electron chi connectivity index (χ0n) is 13.2. The van der Waals surface area contributed by atoms with Crippen molar-refractivity contribution >= 4 is 17.3 Å². The molecule has 3 rings (SSSR count). The number of nitrogens with one attached hydrogen (secondary N) is 2. The Morgan fingerprint density at radius 3 is 2.57 bits per heavy atom. The lowest BCUT2D eigenvalue weighted by Crippen LogP contribution is -2.04. The Bertz CT molecular complexity index is 786. The molecule has 23 heavy (non-hydrogen) atoms. The number of nitrogens with zero attached hydrogens (tertiary/aromatic N) is 3. The van der Waals surface area contributed by atoms with Crippen molar-refractivity contribution in [1.82, 2.24) is 15.0 Å². The highest BCUT2D eigenvalue weighted by Crippen LogP contribution is 2.21. The second-order valence-electron chi connectivity index (χ2n) is 5.41. The van der Waals surface area contributed by atoms with Gasteiger partial charge in [-0.3, -0.25) is 4.98 Å². The van der Waals surface area contributed by atoms with Crippen molar-refractivity contribution < 1.29 is 0 Å². The molecule has 0 atom stereocenters. The van der Waals surface area contributed by atoms with E-state index in [2.05, 4.69) is 57.6 Å². The highest BCUT2D eigenvalue weighted by Gasteiger charge is 2.03. The van der Waals surface area contributed by atoms with E-state index in [4.69, 9.17) is 0 Å². The predicted octanol–water partition coefficient (Wildman–Crippen LogP) is 3.84. The Balaban J connectivity index is 1.69. The molecule has 3 aromatic rings. The van der Waals surface area contributed by atoms with Crippen molar-refractivity contribution in [3.8, 4) is 0 Å². The van der Waals surface area contributed by atoms with Gasteiger partial charge in [0, 0.05) is 18.0 Å². The van der Waals surface area contributed by atoms with Gasteiger partial charge in [0.2, 0.25) is 0 Å². The summed E-state index contributed by atoms with van der Waals surface area (Å²) < 4.78 is 0. The minimum absolute atomic E-state index is 0.626. The second kappa shape index (κ2) is 6.87. The maximum absolute atomic E-state index is 4.28. The first-order valence-corrected chi connectivity index (χ1v) is 7.51. The molecule has 2 N–H and O–H groups in total. The van der Waals surface area contributed by atoms with E-state index in [-0.39, 0.29) is 0 Å². The summed E-state index contributed by atoms with van der Waals surface area (Å²) in [4.78, 5) is 12.8. The molecule has 0 radical (unpaired) electrons. The predicted molar refractivity (Wildman–Crippen MR) is 92.8 cm³/mol. The van der Waals surface area contributed by atoms with E-state index in [9.17, 15) is 0 Å². The van der Waals surface area contributed by atoms with Gasteiger partial charge in [0.15, 0.2) is 0 Å². The van der Waals surface area contributed by atoms with Gasteiger partial charge in [-0.05, 0) is 37.6 Å². The van der Waals surface area contributed by atoms with E-state index in [1.807, 2.05) is 24.3 Å². The van der Waals surface area contributed by atoms with Crippen molar-refractivity contribution in [3.63, 3.8) is 0 Å². The van der Waals surface area contributed by atoms with E-state index in [1.165, 1.54) is 11.1 Å². The van der Waals surface area contributed by atoms with E-state index in [0.29, 0.717) is 6.54 Å². The van der Waals surface area contributed by atoms with Gasteiger partial charge in [-0.15, -0.1) is 0 Å². The molecule has 0 amide bonds. The fraction of sp³-hybridized carbons (Fsp3) is 0.167. The zero-order chi connectivity index (χ0) is 16.1. The quantitative estimate of drug-likeness (QED) is 0.750. The topological polar surface area (TPSA) is 62.7 Å². The first-order chi connectivity index (χ1) is 11.2. The number of aryl methyl sites for hydroxylation is 2. The van der Waals surface area contributed by atoms with Crippen LogP contribution in [0.1, 0.15) is 16.8 Å². The summed E-state index contributed by atoms with van der Waals surface area (Å²) in [7, 11) is 0. The third-order valence-corrected chi connectivity index (χ3v) is 3.49. The fourth-order valence-corrected chi connectivity index (χ4v) is 2.30. The van der Waals surface area contributed by atoms with Crippen LogP contribution in [0.4, 0.5) is 17.3 Å². The number of hydrogen-bond acceptors (Lipinski definition) is 5. The van der Waals surface area contributed by atoms with Crippen LogP contribution in [-0.2, 0) is 6.54 Å². The molecule has 0 aliphatic heterocycles. The molecule has 0 unspecified atom stereocenters. The summed E-state index contributed by atoms with van der Waals surface area (Å²) in [6, 6.07) is 14.0. The third-order valence-electron chi connectivity index (χ3n) is 3.49. The van der Waals surface area contributed by atoms with Gasteiger partial charge in [0.1, 0.15) is 18.0 Å². The highest BCUT2D eigenvalue weighted by molar-refractivity contribution is 5.62. The van der Waals surface area contributed by atoms with Crippen molar-refractivity contribution in [2.45, 2.75) is 20.4 Å². The van der Waals surface area contributed by atoms with Gasteiger partial charge in [-0.2, -0.15) is 0 Å². The van der Waals surface area contributed by atoms with E-state index in [0.717, 1.165) is 23.0 Å². The van der Waals surface area contributed by atoms with Crippen molar-refractivity contribution in [1.29, 1.82) is 0 Å². The van der Waals surface area contributed by atoms with Crippen LogP contribution in [0.5, 0.6) is 0 Å². The van der Waals surface area contributed by atoms with Crippen LogP contribution in [0, 0.1) is 13.8 Å². The molecule has 0 aliphatic carbocycles. The maximum atomic E-state index is 4.28. The van der Waals surface area contributed by atoms with Crippen LogP contribution >= 0.6 is 0 Å². The number of pyridine rings is 1. The number of rotatable bonds is 5. The average molecular weight is 305 g/mol. The monoisotopic (exact) mass is 305 g/mol. The summed E-state index contributed by atoms with van der Waals surface area (Å²) in [6.07, 6.45) is 3.33. The third kappa shape index (κ3) is 4.03. The molecule has 0 saturated carbocycles. The van der Waals surface area contributed by atoms with Crippen LogP contribution in [0.3, 0.4) is 0 Å². The van der Waals surface area contributed by atoms with Crippen molar-refractivity contribution in [2.75, 3.05) is 10.6 Å². The first kappa shape index (κ1) is 15.0. The molecule has 0 saturated heterocycles. The van der Waals surface area contributed by atoms with Crippen LogP contribution in [-0.4, -0.2) is 15.0 Å². The molecule has 2 aromatic heterocycles. The normalized spacial score (nSPS) is 10.3. The summed E-state index contributed by atoms with van der Waals surface area (Å²) in [5, 5.41) is 6.59. The van der Waals surface area contributed by atoms with Crippen LogP contribution in [0.15, 0.2) is 55.0 Å². The summed E-state index contributed by atoms with van der Waals surface area (Å²) in [6.45, 7) is 4.79. The summed E-state index contributed by atoms with van der Waals surface area (Å²) in [5.41, 5.74) is 4.44. The van der Waals surface area contributed by atoms with Crippen molar-refractivity contribution in [3.05, 3.63) is 71.8 Å². The molecular formula is C18H19N5. The molecule has 5 heteroatoms. The Kier molecular flexibility index (Phi) is 4.47. The molecule has 5 nitrogen and oxygen atoms in total. The number of aromatic nitrogens is 3. The lowest BCUT2D eigenvalue weighted by molar-refractivity contribution is 1.02. The van der Waals surface area contributed by atoms with Gasteiger partial charge in [-0.1, -0.05) is 23.8 Å². The lowest BCUT2D eigenvalue weighted by atomic mass is 10.1. The van der Waals surface area contributed by atoms with Crippen LogP contribution < -0.4 is 10.6 Å². The maximum Gasteiger partial charge on any atom is 0.135 e. The minimum atomic E-state index is 0.626. The van der Waals surface area contributed by atoms with Gasteiger partial charge in [0.25, 0.3) is 0 Å². The number of benzene rings is 1. The molecule has 0 aliphatic rings. The molecule has 116 valence electrons. The van der Waals surface area contributed by atoms with E-state index in [1.54, 1.807) is 12.5 Å². The van der Waals surface area contributed by atoms with E-state index >= 15 is 0 Å². The Labute approximate surface area is 135 Å². The van der Waals surface area contributed by atoms with Gasteiger partial charge < -0.3 is 10.6 Å². The van der Waals surface area contributed by atoms with Crippen molar-refractivity contribution in [2.24, 2.45) is 0 Å². The summed E-state index contributed by atoms with van der Waals surface area (Å²) in [5.74, 6) is 1.52. The molecule has 2 heterocycles. The van der Waals surface area contributed by atoms with Gasteiger partial charge in [0.05, 0.1) is 12.2 Å². The molecular weight excluding hydrogens is 286 g/mol. The Morgan fingerprint density at radius 2 is 1.78 bits per heavy atom. The largest absolute Gasteiger partial charge is 0.364 e. The average Bonchev–Trinajstić information content (AvgIpc) is 2.57. The first-order valence-electron chi connectivity index (χ1n) is 7.51. The summed E-state index contributed by atoms with van der Waals surface area (Å²) >= 11 is 0.